The lowest BCUT2D eigenvalue weighted by atomic mass is 9.99. The number of phenols is 4. The predicted octanol–water partition coefficient (Wildman–Crippen LogP) is -2.61. The van der Waals surface area contributed by atoms with Crippen LogP contribution in [-0.2, 0) is 4.74 Å². The fraction of sp³-hybridized carbons (Fsp3) is 0.286. The number of hydrogen-bond donors (Lipinski definition) is 8. The number of rotatable bonds is 4. The van der Waals surface area contributed by atoms with Crippen molar-refractivity contribution in [2.45, 2.75) is 30.7 Å². The van der Waals surface area contributed by atoms with Crippen molar-refractivity contribution in [3.8, 4) is 40.1 Å². The Labute approximate surface area is 192 Å². The minimum Gasteiger partial charge on any atom is -1.00 e. The highest BCUT2D eigenvalue weighted by atomic mass is 35.5. The molecule has 0 aliphatic carbocycles. The van der Waals surface area contributed by atoms with E-state index in [1.807, 2.05) is 0 Å². The minimum atomic E-state index is -1.71. The number of ether oxygens (including phenoxy) is 2. The molecule has 0 spiro atoms. The standard InChI is InChI=1S/C21H20O11.ClH/c22-7-16-17(27)18(28)19(29)21(32-16)31-15-6-10-12(25)4-9(23)5-14(10)30-20(15)8-1-2-11(24)13(26)3-8;/h1-6,16-19,21-22,27-29H,7H2,(H3-,23,24,25,26);1H. The Hall–Kier alpha value is -3.06. The van der Waals surface area contributed by atoms with Gasteiger partial charge in [-0.15, -0.1) is 0 Å². The smallest absolute Gasteiger partial charge is 0.402 e. The first-order chi connectivity index (χ1) is 15.2. The number of aliphatic hydroxyl groups excluding tert-OH is 4. The number of benzene rings is 2. The summed E-state index contributed by atoms with van der Waals surface area (Å²) in [5.41, 5.74) is 0.260. The van der Waals surface area contributed by atoms with Crippen LogP contribution in [0.1, 0.15) is 0 Å². The molecule has 0 amide bonds. The lowest BCUT2D eigenvalue weighted by Gasteiger charge is -2.39. The summed E-state index contributed by atoms with van der Waals surface area (Å²) in [6, 6.07) is 7.37. The van der Waals surface area contributed by atoms with Gasteiger partial charge in [0, 0.05) is 18.2 Å². The van der Waals surface area contributed by atoms with E-state index in [0.717, 1.165) is 6.07 Å². The molecule has 3 aromatic rings. The van der Waals surface area contributed by atoms with Gasteiger partial charge >= 0.3 is 11.3 Å². The van der Waals surface area contributed by atoms with Gasteiger partial charge in [0.05, 0.1) is 18.2 Å². The normalized spacial score (nSPS) is 24.9. The molecule has 1 aliphatic heterocycles. The van der Waals surface area contributed by atoms with Crippen molar-refractivity contribution < 1.29 is 67.2 Å². The number of aromatic hydroxyl groups is 4. The first-order valence-electron chi connectivity index (χ1n) is 9.52. The summed E-state index contributed by atoms with van der Waals surface area (Å²) in [6.45, 7) is -0.661. The van der Waals surface area contributed by atoms with E-state index in [1.165, 1.54) is 30.3 Å². The Kier molecular flexibility index (Phi) is 7.03. The summed E-state index contributed by atoms with van der Waals surface area (Å²) in [4.78, 5) is 0. The second kappa shape index (κ2) is 9.43. The highest BCUT2D eigenvalue weighted by molar-refractivity contribution is 5.88. The zero-order valence-electron chi connectivity index (χ0n) is 16.7. The molecule has 4 rings (SSSR count). The Morgan fingerprint density at radius 1 is 0.848 bits per heavy atom. The molecule has 33 heavy (non-hydrogen) atoms. The van der Waals surface area contributed by atoms with Crippen LogP contribution < -0.4 is 17.1 Å². The second-order valence-electron chi connectivity index (χ2n) is 7.34. The van der Waals surface area contributed by atoms with Crippen molar-refractivity contribution in [1.29, 1.82) is 0 Å². The summed E-state index contributed by atoms with van der Waals surface area (Å²) in [7, 11) is 0. The molecule has 1 fully saturated rings. The highest BCUT2D eigenvalue weighted by Crippen LogP contribution is 2.42. The van der Waals surface area contributed by atoms with Gasteiger partial charge in [0.15, 0.2) is 11.5 Å². The lowest BCUT2D eigenvalue weighted by molar-refractivity contribution is -0.277. The SMILES string of the molecule is OCC1OC(Oc2cc3c(O)cc(O)cc3[o+]c2-c2ccc(O)c(O)c2)C(O)C(O)C1O.[Cl-]. The molecule has 2 aromatic carbocycles. The number of hydrogen-bond acceptors (Lipinski definition) is 10. The third-order valence-electron chi connectivity index (χ3n) is 5.15. The van der Waals surface area contributed by atoms with Crippen molar-refractivity contribution in [2.75, 3.05) is 6.61 Å². The Morgan fingerprint density at radius 3 is 2.24 bits per heavy atom. The van der Waals surface area contributed by atoms with Gasteiger partial charge in [-0.05, 0) is 12.1 Å². The molecule has 5 unspecified atom stereocenters. The van der Waals surface area contributed by atoms with Gasteiger partial charge < -0.3 is 62.7 Å². The van der Waals surface area contributed by atoms with Crippen LogP contribution in [0.2, 0.25) is 0 Å². The number of fused-ring (bicyclic) bond motifs is 1. The van der Waals surface area contributed by atoms with Gasteiger partial charge in [-0.3, -0.25) is 0 Å². The highest BCUT2D eigenvalue weighted by Gasteiger charge is 2.45. The third-order valence-corrected chi connectivity index (χ3v) is 5.15. The van der Waals surface area contributed by atoms with Gasteiger partial charge in [0.25, 0.3) is 0 Å². The molecular formula is C21H21ClO11. The van der Waals surface area contributed by atoms with Gasteiger partial charge in [0.1, 0.15) is 41.3 Å². The molecule has 1 saturated heterocycles. The van der Waals surface area contributed by atoms with Crippen LogP contribution in [0.3, 0.4) is 0 Å². The zero-order chi connectivity index (χ0) is 23.2. The lowest BCUT2D eigenvalue weighted by Crippen LogP contribution is -3.00. The van der Waals surface area contributed by atoms with Crippen molar-refractivity contribution in [1.82, 2.24) is 0 Å². The molecular weight excluding hydrogens is 464 g/mol. The van der Waals surface area contributed by atoms with Crippen LogP contribution in [-0.4, -0.2) is 78.2 Å². The van der Waals surface area contributed by atoms with Gasteiger partial charge in [0.2, 0.25) is 12.0 Å². The van der Waals surface area contributed by atoms with Crippen LogP contribution >= 0.6 is 0 Å². The van der Waals surface area contributed by atoms with Crippen molar-refractivity contribution in [3.63, 3.8) is 0 Å². The van der Waals surface area contributed by atoms with E-state index < -0.39 is 43.1 Å². The maximum Gasteiger partial charge on any atom is 0.402 e. The van der Waals surface area contributed by atoms with Crippen molar-refractivity contribution >= 4 is 11.0 Å². The first kappa shape index (κ1) is 24.6. The molecule has 5 atom stereocenters. The summed E-state index contributed by atoms with van der Waals surface area (Å²) >= 11 is 0. The molecule has 12 heteroatoms. The molecule has 1 aromatic heterocycles. The van der Waals surface area contributed by atoms with E-state index in [9.17, 15) is 40.9 Å². The van der Waals surface area contributed by atoms with E-state index in [4.69, 9.17) is 13.9 Å². The van der Waals surface area contributed by atoms with E-state index in [-0.39, 0.29) is 57.7 Å². The van der Waals surface area contributed by atoms with E-state index >= 15 is 0 Å². The van der Waals surface area contributed by atoms with E-state index in [0.29, 0.717) is 0 Å². The number of aliphatic hydroxyl groups is 4. The van der Waals surface area contributed by atoms with Crippen LogP contribution in [0.15, 0.2) is 40.8 Å². The van der Waals surface area contributed by atoms with Crippen molar-refractivity contribution in [3.05, 3.63) is 36.4 Å². The predicted molar refractivity (Wildman–Crippen MR) is 107 cm³/mol. The van der Waals surface area contributed by atoms with Gasteiger partial charge in [-0.1, -0.05) is 0 Å². The second-order valence-corrected chi connectivity index (χ2v) is 7.34. The van der Waals surface area contributed by atoms with Crippen LogP contribution in [0.4, 0.5) is 0 Å². The molecule has 0 saturated carbocycles. The van der Waals surface area contributed by atoms with Crippen LogP contribution in [0.25, 0.3) is 22.3 Å². The minimum absolute atomic E-state index is 0. The molecule has 8 N–H and O–H groups in total. The Morgan fingerprint density at radius 2 is 1.58 bits per heavy atom. The maximum absolute atomic E-state index is 10.3. The fourth-order valence-corrected chi connectivity index (χ4v) is 3.43. The third kappa shape index (κ3) is 4.55. The maximum atomic E-state index is 10.3. The molecule has 2 heterocycles. The van der Waals surface area contributed by atoms with Crippen LogP contribution in [0, 0.1) is 0 Å². The fourth-order valence-electron chi connectivity index (χ4n) is 3.43. The average molecular weight is 485 g/mol. The quantitative estimate of drug-likeness (QED) is 0.143. The number of halogens is 1. The Balaban J connectivity index is 0.00000306. The molecule has 178 valence electrons. The molecule has 0 bridgehead atoms. The van der Waals surface area contributed by atoms with E-state index in [2.05, 4.69) is 0 Å². The number of phenolic OH excluding ortho intramolecular Hbond substituents is 4. The summed E-state index contributed by atoms with van der Waals surface area (Å²) in [5, 5.41) is 79.2. The Bertz CT molecular complexity index is 1150. The summed E-state index contributed by atoms with van der Waals surface area (Å²) in [5.74, 6) is -1.64. The van der Waals surface area contributed by atoms with Crippen LogP contribution in [0.5, 0.6) is 28.7 Å². The average Bonchev–Trinajstić information content (AvgIpc) is 2.76. The van der Waals surface area contributed by atoms with E-state index in [1.54, 1.807) is 0 Å². The summed E-state index contributed by atoms with van der Waals surface area (Å²) < 4.78 is 16.8. The monoisotopic (exact) mass is 484 g/mol. The first-order valence-corrected chi connectivity index (χ1v) is 9.52. The topological polar surface area (TPSA) is 192 Å². The van der Waals surface area contributed by atoms with Gasteiger partial charge in [-0.2, -0.15) is 0 Å². The summed E-state index contributed by atoms with van der Waals surface area (Å²) in [6.07, 6.45) is -7.76. The molecule has 11 nitrogen and oxygen atoms in total. The zero-order valence-corrected chi connectivity index (χ0v) is 17.5. The molecule has 1 aliphatic rings. The van der Waals surface area contributed by atoms with Gasteiger partial charge in [-0.25, -0.2) is 4.42 Å². The van der Waals surface area contributed by atoms with Crippen molar-refractivity contribution in [2.24, 2.45) is 0 Å². The molecule has 0 radical (unpaired) electrons. The largest absolute Gasteiger partial charge is 1.00 e.